The second-order valence-corrected chi connectivity index (χ2v) is 5.88. The molecule has 0 amide bonds. The first kappa shape index (κ1) is 13.4. The summed E-state index contributed by atoms with van der Waals surface area (Å²) in [6.45, 7) is 6.30. The van der Waals surface area contributed by atoms with Crippen molar-refractivity contribution in [2.45, 2.75) is 25.0 Å². The molecule has 2 fully saturated rings. The van der Waals surface area contributed by atoms with Gasteiger partial charge in [-0.2, -0.15) is 0 Å². The van der Waals surface area contributed by atoms with Gasteiger partial charge in [0, 0.05) is 5.56 Å². The summed E-state index contributed by atoms with van der Waals surface area (Å²) in [5, 5.41) is 0. The van der Waals surface area contributed by atoms with Crippen molar-refractivity contribution in [3.8, 4) is 11.5 Å². The highest BCUT2D eigenvalue weighted by atomic mass is 16.6. The van der Waals surface area contributed by atoms with Crippen LogP contribution in [0, 0.1) is 0 Å². The molecular weight excluding hydrogens is 260 g/mol. The molecule has 2 heterocycles. The van der Waals surface area contributed by atoms with Crippen LogP contribution in [0.1, 0.15) is 24.2 Å². The molecular formula is C15H18O5. The predicted molar refractivity (Wildman–Crippen MR) is 71.5 cm³/mol. The molecule has 0 radical (unpaired) electrons. The van der Waals surface area contributed by atoms with Gasteiger partial charge in [0.2, 0.25) is 0 Å². The number of rotatable bonds is 7. The molecule has 2 saturated heterocycles. The van der Waals surface area contributed by atoms with Gasteiger partial charge < -0.3 is 18.9 Å². The second-order valence-electron chi connectivity index (χ2n) is 5.88. The number of carbonyl (C=O) groups excluding carboxylic acids is 1. The van der Waals surface area contributed by atoms with Crippen molar-refractivity contribution >= 4 is 6.29 Å². The van der Waals surface area contributed by atoms with Gasteiger partial charge in [-0.3, -0.25) is 4.79 Å². The molecule has 2 unspecified atom stereocenters. The normalized spacial score (nSPS) is 30.7. The number of hydrogen-bond donors (Lipinski definition) is 0. The molecule has 2 aliphatic heterocycles. The van der Waals surface area contributed by atoms with Gasteiger partial charge in [-0.05, 0) is 32.0 Å². The van der Waals surface area contributed by atoms with E-state index in [9.17, 15) is 4.79 Å². The Bertz CT molecular complexity index is 517. The fourth-order valence-electron chi connectivity index (χ4n) is 1.70. The standard InChI is InChI=1S/C15H18O5/c1-14(9-19-14)7-17-12-4-3-11(6-16)5-13(12)18-8-15(2)10-20-15/h3-6H,7-10H2,1-2H3. The molecule has 20 heavy (non-hydrogen) atoms. The Hall–Kier alpha value is -1.59. The summed E-state index contributed by atoms with van der Waals surface area (Å²) in [5.74, 6) is 1.19. The maximum Gasteiger partial charge on any atom is 0.162 e. The monoisotopic (exact) mass is 278 g/mol. The molecule has 0 spiro atoms. The first-order valence-corrected chi connectivity index (χ1v) is 6.65. The summed E-state index contributed by atoms with van der Waals surface area (Å²) in [6.07, 6.45) is 0.789. The van der Waals surface area contributed by atoms with Gasteiger partial charge in [0.05, 0.1) is 13.2 Å². The minimum atomic E-state index is -0.208. The smallest absolute Gasteiger partial charge is 0.162 e. The van der Waals surface area contributed by atoms with Gasteiger partial charge >= 0.3 is 0 Å². The SMILES string of the molecule is CC1(COc2ccc(C=O)cc2OCC2(C)CO2)CO1. The van der Waals surface area contributed by atoms with Crippen molar-refractivity contribution < 1.29 is 23.7 Å². The average molecular weight is 278 g/mol. The molecule has 5 heteroatoms. The Balaban J connectivity index is 1.70. The van der Waals surface area contributed by atoms with E-state index in [0.717, 1.165) is 6.29 Å². The zero-order chi connectivity index (χ0) is 14.2. The summed E-state index contributed by atoms with van der Waals surface area (Å²) in [7, 11) is 0. The molecule has 1 aromatic carbocycles. The van der Waals surface area contributed by atoms with E-state index in [1.54, 1.807) is 18.2 Å². The minimum absolute atomic E-state index is 0.188. The predicted octanol–water partition coefficient (Wildman–Crippen LogP) is 1.83. The van der Waals surface area contributed by atoms with Crippen LogP contribution in [-0.4, -0.2) is 43.9 Å². The zero-order valence-electron chi connectivity index (χ0n) is 11.7. The summed E-state index contributed by atoms with van der Waals surface area (Å²) in [6, 6.07) is 5.14. The maximum absolute atomic E-state index is 10.9. The summed E-state index contributed by atoms with van der Waals surface area (Å²) in [5.41, 5.74) is 0.162. The second kappa shape index (κ2) is 4.75. The van der Waals surface area contributed by atoms with E-state index in [1.165, 1.54) is 0 Å². The Labute approximate surface area is 117 Å². The molecule has 0 N–H and O–H groups in total. The highest BCUT2D eigenvalue weighted by Gasteiger charge is 2.41. The van der Waals surface area contributed by atoms with Gasteiger partial charge in [-0.25, -0.2) is 0 Å². The molecule has 0 aliphatic carbocycles. The van der Waals surface area contributed by atoms with Crippen LogP contribution in [0.15, 0.2) is 18.2 Å². The quantitative estimate of drug-likeness (QED) is 0.562. The third-order valence-corrected chi connectivity index (χ3v) is 3.44. The lowest BCUT2D eigenvalue weighted by Gasteiger charge is -2.15. The number of aldehydes is 1. The lowest BCUT2D eigenvalue weighted by Crippen LogP contribution is -2.19. The lowest BCUT2D eigenvalue weighted by molar-refractivity contribution is 0.112. The molecule has 108 valence electrons. The number of ether oxygens (including phenoxy) is 4. The zero-order valence-corrected chi connectivity index (χ0v) is 11.7. The topological polar surface area (TPSA) is 60.6 Å². The van der Waals surface area contributed by atoms with Crippen molar-refractivity contribution in [2.24, 2.45) is 0 Å². The highest BCUT2D eigenvalue weighted by Crippen LogP contribution is 2.34. The van der Waals surface area contributed by atoms with E-state index in [2.05, 4.69) is 0 Å². The highest BCUT2D eigenvalue weighted by molar-refractivity contribution is 5.76. The van der Waals surface area contributed by atoms with E-state index in [0.29, 0.717) is 43.5 Å². The van der Waals surface area contributed by atoms with Crippen molar-refractivity contribution in [3.63, 3.8) is 0 Å². The first-order valence-electron chi connectivity index (χ1n) is 6.65. The Kier molecular flexibility index (Phi) is 3.18. The molecule has 0 aromatic heterocycles. The molecule has 0 bridgehead atoms. The van der Waals surface area contributed by atoms with Gasteiger partial charge in [0.1, 0.15) is 30.7 Å². The molecule has 2 atom stereocenters. The Morgan fingerprint density at radius 1 is 1.10 bits per heavy atom. The number of epoxide rings is 2. The summed E-state index contributed by atoms with van der Waals surface area (Å²) >= 11 is 0. The third kappa shape index (κ3) is 3.11. The average Bonchev–Trinajstić information content (AvgIpc) is 3.36. The van der Waals surface area contributed by atoms with Gasteiger partial charge in [-0.1, -0.05) is 0 Å². The van der Waals surface area contributed by atoms with Crippen LogP contribution in [0.25, 0.3) is 0 Å². The number of benzene rings is 1. The van der Waals surface area contributed by atoms with Gasteiger partial charge in [0.15, 0.2) is 11.5 Å². The molecule has 0 saturated carbocycles. The van der Waals surface area contributed by atoms with E-state index in [4.69, 9.17) is 18.9 Å². The van der Waals surface area contributed by atoms with Crippen LogP contribution >= 0.6 is 0 Å². The van der Waals surface area contributed by atoms with Crippen molar-refractivity contribution in [2.75, 3.05) is 26.4 Å². The number of hydrogen-bond acceptors (Lipinski definition) is 5. The lowest BCUT2D eigenvalue weighted by atomic mass is 10.2. The van der Waals surface area contributed by atoms with Gasteiger partial charge in [-0.15, -0.1) is 0 Å². The molecule has 3 rings (SSSR count). The van der Waals surface area contributed by atoms with E-state index < -0.39 is 0 Å². The van der Waals surface area contributed by atoms with Crippen LogP contribution in [0.3, 0.4) is 0 Å². The first-order chi connectivity index (χ1) is 9.52. The molecule has 5 nitrogen and oxygen atoms in total. The van der Waals surface area contributed by atoms with E-state index >= 15 is 0 Å². The Morgan fingerprint density at radius 2 is 1.65 bits per heavy atom. The van der Waals surface area contributed by atoms with Crippen molar-refractivity contribution in [3.05, 3.63) is 23.8 Å². The van der Waals surface area contributed by atoms with Crippen LogP contribution < -0.4 is 9.47 Å². The molecule has 1 aromatic rings. The van der Waals surface area contributed by atoms with Crippen LogP contribution in [0.2, 0.25) is 0 Å². The van der Waals surface area contributed by atoms with Crippen LogP contribution in [0.5, 0.6) is 11.5 Å². The molecule has 2 aliphatic rings. The maximum atomic E-state index is 10.9. The Morgan fingerprint density at radius 3 is 2.15 bits per heavy atom. The van der Waals surface area contributed by atoms with Crippen LogP contribution in [0.4, 0.5) is 0 Å². The largest absolute Gasteiger partial charge is 0.487 e. The van der Waals surface area contributed by atoms with Crippen molar-refractivity contribution in [1.82, 2.24) is 0 Å². The minimum Gasteiger partial charge on any atom is -0.487 e. The van der Waals surface area contributed by atoms with Crippen molar-refractivity contribution in [1.29, 1.82) is 0 Å². The van der Waals surface area contributed by atoms with E-state index in [-0.39, 0.29) is 11.2 Å². The van der Waals surface area contributed by atoms with E-state index in [1.807, 2.05) is 13.8 Å². The number of carbonyl (C=O) groups is 1. The fourth-order valence-corrected chi connectivity index (χ4v) is 1.70. The third-order valence-electron chi connectivity index (χ3n) is 3.44. The summed E-state index contributed by atoms with van der Waals surface area (Å²) in [4.78, 5) is 10.9. The van der Waals surface area contributed by atoms with Gasteiger partial charge in [0.25, 0.3) is 0 Å². The summed E-state index contributed by atoms with van der Waals surface area (Å²) < 4.78 is 22.1. The van der Waals surface area contributed by atoms with Crippen LogP contribution in [-0.2, 0) is 9.47 Å². The fraction of sp³-hybridized carbons (Fsp3) is 0.533.